The van der Waals surface area contributed by atoms with Gasteiger partial charge in [-0.1, -0.05) is 126 Å². The number of para-hydroxylation sites is 4. The Morgan fingerprint density at radius 1 is 0.627 bits per heavy atom. The van der Waals surface area contributed by atoms with Crippen LogP contribution in [0.25, 0.3) is 88.7 Å². The quantitative estimate of drug-likeness (QED) is 0.156. The van der Waals surface area contributed by atoms with Crippen molar-refractivity contribution in [2.45, 2.75) is 12.5 Å². The van der Waals surface area contributed by atoms with Crippen LogP contribution in [0.4, 0.5) is 13.2 Å². The molecule has 11 rings (SSSR count). The van der Waals surface area contributed by atoms with Crippen LogP contribution in [0.15, 0.2) is 170 Å². The fourth-order valence-corrected chi connectivity index (χ4v) is 8.14. The van der Waals surface area contributed by atoms with E-state index in [-0.39, 0.29) is 26.9 Å². The molecule has 0 saturated heterocycles. The first-order valence-electron chi connectivity index (χ1n) is 19.8. The second kappa shape index (κ2) is 14.3. The van der Waals surface area contributed by atoms with Gasteiger partial charge in [0, 0.05) is 25.7 Å². The standard InChI is InChI=1S/C50H30F3N5.Pt/c51-50(52,53)34-25-26-54-46(30-34)58-44-28-32(27-31-11-3-1-4-12-31)21-23-38(44)39-24-22-33(29-45(39)58)36-16-10-20-43-48(36)56-49(57(43)35-13-5-2-6-14-35)41-18-9-17-40-37-15-7-8-19-42(37)55-47(40)41;/h1-26,28,30H,27H2;/q-2;+2/i27D2;. The van der Waals surface area contributed by atoms with Crippen LogP contribution in [0.1, 0.15) is 19.4 Å². The van der Waals surface area contributed by atoms with Crippen LogP contribution < -0.4 is 4.98 Å². The van der Waals surface area contributed by atoms with Crippen molar-refractivity contribution in [2.24, 2.45) is 0 Å². The normalized spacial score (nSPS) is 12.7. The van der Waals surface area contributed by atoms with Gasteiger partial charge in [-0.15, -0.1) is 34.8 Å². The van der Waals surface area contributed by atoms with Gasteiger partial charge in [-0.25, -0.2) is 9.97 Å². The molecule has 59 heavy (non-hydrogen) atoms. The van der Waals surface area contributed by atoms with Gasteiger partial charge >= 0.3 is 27.2 Å². The summed E-state index contributed by atoms with van der Waals surface area (Å²) in [6.45, 7) is 0. The Balaban J connectivity index is 0.00000445. The summed E-state index contributed by atoms with van der Waals surface area (Å²) in [4.78, 5) is 14.9. The molecule has 286 valence electrons. The summed E-state index contributed by atoms with van der Waals surface area (Å²) in [6.07, 6.45) is -5.36. The molecular formula is C50H30F3N5Pt. The maximum atomic E-state index is 14.2. The molecule has 0 aliphatic heterocycles. The van der Waals surface area contributed by atoms with Gasteiger partial charge in [0.05, 0.1) is 16.6 Å². The molecule has 0 aliphatic carbocycles. The van der Waals surface area contributed by atoms with Gasteiger partial charge in [0.2, 0.25) is 0 Å². The van der Waals surface area contributed by atoms with Crippen molar-refractivity contribution in [3.8, 4) is 34.0 Å². The molecule has 0 saturated carbocycles. The zero-order chi connectivity index (χ0) is 40.8. The molecule has 5 nitrogen and oxygen atoms in total. The Morgan fingerprint density at radius 2 is 1.36 bits per heavy atom. The van der Waals surface area contributed by atoms with Crippen molar-refractivity contribution in [3.63, 3.8) is 0 Å². The predicted molar refractivity (Wildman–Crippen MR) is 225 cm³/mol. The molecule has 4 heterocycles. The topological polar surface area (TPSA) is 49.7 Å². The number of pyridine rings is 1. The average Bonchev–Trinajstić information content (AvgIpc) is 3.96. The van der Waals surface area contributed by atoms with E-state index in [9.17, 15) is 13.2 Å². The third kappa shape index (κ3) is 6.14. The zero-order valence-corrected chi connectivity index (χ0v) is 33.1. The number of aromatic nitrogens is 5. The van der Waals surface area contributed by atoms with Crippen molar-refractivity contribution in [3.05, 3.63) is 193 Å². The van der Waals surface area contributed by atoms with Crippen LogP contribution in [0.5, 0.6) is 0 Å². The smallest absolute Gasteiger partial charge is 0.656 e. The third-order valence-corrected chi connectivity index (χ3v) is 10.7. The molecule has 4 aromatic heterocycles. The number of rotatable bonds is 6. The van der Waals surface area contributed by atoms with E-state index in [0.29, 0.717) is 39.1 Å². The Labute approximate surface area is 353 Å². The minimum atomic E-state index is -4.61. The first-order chi connectivity index (χ1) is 29.1. The summed E-state index contributed by atoms with van der Waals surface area (Å²) in [5.74, 6) is 0.743. The molecule has 0 fully saturated rings. The summed E-state index contributed by atoms with van der Waals surface area (Å²) in [5.41, 5.74) is 7.48. The summed E-state index contributed by atoms with van der Waals surface area (Å²) in [7, 11) is 0. The first kappa shape index (κ1) is 34.3. The monoisotopic (exact) mass is 954 g/mol. The third-order valence-electron chi connectivity index (χ3n) is 10.7. The van der Waals surface area contributed by atoms with Crippen LogP contribution in [0, 0.1) is 6.07 Å². The van der Waals surface area contributed by atoms with E-state index in [2.05, 4.69) is 27.8 Å². The molecule has 11 aromatic rings. The molecule has 0 spiro atoms. The summed E-state index contributed by atoms with van der Waals surface area (Å²) >= 11 is 0. The van der Waals surface area contributed by atoms with E-state index in [4.69, 9.17) is 12.7 Å². The Morgan fingerprint density at radius 3 is 2.19 bits per heavy atom. The van der Waals surface area contributed by atoms with Gasteiger partial charge in [0.25, 0.3) is 0 Å². The summed E-state index contributed by atoms with van der Waals surface area (Å²) in [5, 5.41) is 3.54. The van der Waals surface area contributed by atoms with Gasteiger partial charge in [-0.2, -0.15) is 13.2 Å². The number of hydrogen-bond donors (Lipinski definition) is 0. The molecule has 0 atom stereocenters. The molecule has 0 aliphatic rings. The number of fused-ring (bicyclic) bond motifs is 7. The van der Waals surface area contributed by atoms with Gasteiger partial charge in [-0.05, 0) is 75.6 Å². The largest absolute Gasteiger partial charge is 2.00 e. The molecule has 0 amide bonds. The van der Waals surface area contributed by atoms with Gasteiger partial charge in [0.15, 0.2) is 0 Å². The Hall–Kier alpha value is -6.76. The van der Waals surface area contributed by atoms with Crippen molar-refractivity contribution >= 4 is 54.6 Å². The van der Waals surface area contributed by atoms with Crippen LogP contribution in [-0.4, -0.2) is 19.1 Å². The minimum absolute atomic E-state index is 0. The number of alkyl halides is 3. The van der Waals surface area contributed by atoms with Crippen molar-refractivity contribution in [1.82, 2.24) is 24.1 Å². The Bertz CT molecular complexity index is 3470. The molecule has 0 bridgehead atoms. The maximum Gasteiger partial charge on any atom is 2.00 e. The van der Waals surface area contributed by atoms with Gasteiger partial charge in [-0.3, -0.25) is 4.57 Å². The summed E-state index contributed by atoms with van der Waals surface area (Å²) < 4.78 is 64.6. The minimum Gasteiger partial charge on any atom is -0.656 e. The number of halogens is 3. The number of imidazole rings is 1. The van der Waals surface area contributed by atoms with E-state index in [1.165, 1.54) is 0 Å². The Kier molecular flexibility index (Phi) is 8.29. The maximum absolute atomic E-state index is 14.2. The molecule has 0 N–H and O–H groups in total. The number of hydrogen-bond acceptors (Lipinski definition) is 2. The molecule has 7 aromatic carbocycles. The van der Waals surface area contributed by atoms with Crippen LogP contribution in [-0.2, 0) is 33.6 Å². The van der Waals surface area contributed by atoms with Crippen LogP contribution >= 0.6 is 0 Å². The van der Waals surface area contributed by atoms with E-state index in [1.54, 1.807) is 41.0 Å². The molecule has 0 radical (unpaired) electrons. The fraction of sp³-hybridized carbons (Fsp3) is 0.0400. The van der Waals surface area contributed by atoms with Crippen LogP contribution in [0.2, 0.25) is 0 Å². The van der Waals surface area contributed by atoms with E-state index < -0.39 is 18.1 Å². The summed E-state index contributed by atoms with van der Waals surface area (Å²) in [6, 6.07) is 53.8. The van der Waals surface area contributed by atoms with Crippen LogP contribution in [0.3, 0.4) is 0 Å². The number of benzene rings is 7. The second-order valence-electron chi connectivity index (χ2n) is 14.2. The van der Waals surface area contributed by atoms with E-state index >= 15 is 0 Å². The first-order valence-corrected chi connectivity index (χ1v) is 18.8. The molecule has 9 heteroatoms. The fourth-order valence-electron chi connectivity index (χ4n) is 8.14. The van der Waals surface area contributed by atoms with E-state index in [1.807, 2.05) is 103 Å². The SMILES string of the molecule is [2H]C([2H])(c1ccccc1)c1ccc2c3ccc(-c4cccc5c4nc(-c4cccc6c4[n-]c4ccccc46)n5-c4ccccc4)[c-]c3n(-c3cc(C(F)(F)F)ccn3)c2c1.[Pt+2]. The van der Waals surface area contributed by atoms with Crippen molar-refractivity contribution in [1.29, 1.82) is 0 Å². The van der Waals surface area contributed by atoms with E-state index in [0.717, 1.165) is 73.2 Å². The second-order valence-corrected chi connectivity index (χ2v) is 14.2. The zero-order valence-electron chi connectivity index (χ0n) is 32.9. The molecule has 0 unspecified atom stereocenters. The molecular weight excluding hydrogens is 923 g/mol. The number of nitrogens with zero attached hydrogens (tertiary/aromatic N) is 5. The average molecular weight is 955 g/mol. The predicted octanol–water partition coefficient (Wildman–Crippen LogP) is 12.5. The van der Waals surface area contributed by atoms with Gasteiger partial charge < -0.3 is 9.55 Å². The van der Waals surface area contributed by atoms with Crippen molar-refractivity contribution in [2.75, 3.05) is 0 Å². The van der Waals surface area contributed by atoms with Crippen molar-refractivity contribution < 1.29 is 37.0 Å². The van der Waals surface area contributed by atoms with Gasteiger partial charge in [0.1, 0.15) is 11.6 Å².